The maximum absolute atomic E-state index is 12.2. The first-order chi connectivity index (χ1) is 14.2. The summed E-state index contributed by atoms with van der Waals surface area (Å²) in [6.07, 6.45) is 3.31. The second-order valence-corrected chi connectivity index (χ2v) is 9.36. The normalized spacial score (nSPS) is 16.9. The van der Waals surface area contributed by atoms with Crippen molar-refractivity contribution in [3.05, 3.63) is 70.3 Å². The highest BCUT2D eigenvalue weighted by Crippen LogP contribution is 2.49. The fraction of sp³-hybridized carbons (Fsp3) is 0.333. The van der Waals surface area contributed by atoms with Crippen LogP contribution in [0.25, 0.3) is 11.6 Å². The zero-order valence-electron chi connectivity index (χ0n) is 18.1. The maximum atomic E-state index is 12.2. The van der Waals surface area contributed by atoms with Crippen LogP contribution in [0.3, 0.4) is 0 Å². The van der Waals surface area contributed by atoms with Crippen molar-refractivity contribution in [1.82, 2.24) is 20.6 Å². The molecule has 0 bridgehead atoms. The van der Waals surface area contributed by atoms with Gasteiger partial charge in [0.1, 0.15) is 0 Å². The molecule has 1 heterocycles. The van der Waals surface area contributed by atoms with Gasteiger partial charge in [-0.25, -0.2) is 5.10 Å². The van der Waals surface area contributed by atoms with E-state index in [1.165, 1.54) is 22.3 Å². The molecule has 0 saturated heterocycles. The van der Waals surface area contributed by atoms with Crippen LogP contribution in [0.2, 0.25) is 0 Å². The molecular formula is C24H27N5O. The van der Waals surface area contributed by atoms with E-state index in [2.05, 4.69) is 84.8 Å². The maximum Gasteiger partial charge on any atom is 0.258 e. The lowest BCUT2D eigenvalue weighted by Crippen LogP contribution is -2.17. The van der Waals surface area contributed by atoms with Crippen LogP contribution < -0.4 is 5.32 Å². The summed E-state index contributed by atoms with van der Waals surface area (Å²) in [5, 5.41) is 15.7. The van der Waals surface area contributed by atoms with E-state index in [0.29, 0.717) is 5.56 Å². The molecule has 0 atom stereocenters. The van der Waals surface area contributed by atoms with Gasteiger partial charge < -0.3 is 0 Å². The van der Waals surface area contributed by atoms with Gasteiger partial charge >= 0.3 is 0 Å². The standard InChI is InChI=1S/C24H27N5O/c1-15(18-10-11-19-20(13-18)24(4,5)14-23(19,2)3)12-16-6-8-17(9-7-16)21(30)25-22-26-28-29-27-22/h6-13H,14H2,1-5H3,(H2,25,26,27,28,29,30). The van der Waals surface area contributed by atoms with Crippen LogP contribution in [-0.2, 0) is 10.8 Å². The molecule has 2 aromatic carbocycles. The number of carbonyl (C=O) groups excluding carboxylic acids is 1. The van der Waals surface area contributed by atoms with E-state index in [0.717, 1.165) is 12.0 Å². The molecule has 4 rings (SSSR count). The van der Waals surface area contributed by atoms with Crippen molar-refractivity contribution in [3.63, 3.8) is 0 Å². The van der Waals surface area contributed by atoms with Crippen molar-refractivity contribution in [2.24, 2.45) is 0 Å². The smallest absolute Gasteiger partial charge is 0.258 e. The van der Waals surface area contributed by atoms with Crippen molar-refractivity contribution in [2.45, 2.75) is 51.9 Å². The largest absolute Gasteiger partial charge is 0.289 e. The van der Waals surface area contributed by atoms with Gasteiger partial charge in [0, 0.05) is 5.56 Å². The Morgan fingerprint density at radius 2 is 1.67 bits per heavy atom. The molecule has 3 aromatic rings. The number of H-pyrrole nitrogens is 1. The van der Waals surface area contributed by atoms with Gasteiger partial charge in [-0.2, -0.15) is 0 Å². The van der Waals surface area contributed by atoms with Crippen molar-refractivity contribution in [2.75, 3.05) is 5.32 Å². The molecule has 6 heteroatoms. The molecule has 0 aliphatic heterocycles. The highest BCUT2D eigenvalue weighted by molar-refractivity contribution is 6.03. The van der Waals surface area contributed by atoms with Gasteiger partial charge in [-0.3, -0.25) is 10.1 Å². The predicted octanol–water partition coefficient (Wildman–Crippen LogP) is 4.97. The van der Waals surface area contributed by atoms with Crippen LogP contribution in [0.1, 0.15) is 73.7 Å². The van der Waals surface area contributed by atoms with Gasteiger partial charge in [0.15, 0.2) is 0 Å². The molecule has 0 fully saturated rings. The summed E-state index contributed by atoms with van der Waals surface area (Å²) in [6, 6.07) is 14.3. The fourth-order valence-corrected chi connectivity index (χ4v) is 4.69. The second kappa shape index (κ2) is 7.20. The van der Waals surface area contributed by atoms with Crippen molar-refractivity contribution in [1.29, 1.82) is 0 Å². The second-order valence-electron chi connectivity index (χ2n) is 9.36. The number of benzene rings is 2. The van der Waals surface area contributed by atoms with Crippen LogP contribution in [-0.4, -0.2) is 26.5 Å². The zero-order chi connectivity index (χ0) is 21.5. The summed E-state index contributed by atoms with van der Waals surface area (Å²) in [5.41, 5.74) is 7.33. The fourth-order valence-electron chi connectivity index (χ4n) is 4.69. The van der Waals surface area contributed by atoms with Crippen LogP contribution in [0, 0.1) is 0 Å². The summed E-state index contributed by atoms with van der Waals surface area (Å²) >= 11 is 0. The molecule has 6 nitrogen and oxygen atoms in total. The Bertz CT molecular complexity index is 1110. The summed E-state index contributed by atoms with van der Waals surface area (Å²) in [4.78, 5) is 12.2. The first kappa shape index (κ1) is 20.0. The first-order valence-electron chi connectivity index (χ1n) is 10.1. The molecule has 0 unspecified atom stereocenters. The molecule has 154 valence electrons. The van der Waals surface area contributed by atoms with Gasteiger partial charge in [0.2, 0.25) is 5.95 Å². The lowest BCUT2D eigenvalue weighted by molar-refractivity contribution is 0.102. The number of nitrogens with zero attached hydrogens (tertiary/aromatic N) is 3. The summed E-state index contributed by atoms with van der Waals surface area (Å²) in [7, 11) is 0. The van der Waals surface area contributed by atoms with E-state index in [4.69, 9.17) is 0 Å². The van der Waals surface area contributed by atoms with Gasteiger partial charge in [0.05, 0.1) is 0 Å². The molecule has 30 heavy (non-hydrogen) atoms. The Labute approximate surface area is 176 Å². The Balaban J connectivity index is 1.55. The van der Waals surface area contributed by atoms with E-state index in [1.807, 2.05) is 12.1 Å². The molecule has 1 aromatic heterocycles. The number of carbonyl (C=O) groups is 1. The van der Waals surface area contributed by atoms with Crippen LogP contribution in [0.4, 0.5) is 5.95 Å². The van der Waals surface area contributed by atoms with E-state index in [1.54, 1.807) is 12.1 Å². The molecule has 2 N–H and O–H groups in total. The first-order valence-corrected chi connectivity index (χ1v) is 10.1. The highest BCUT2D eigenvalue weighted by atomic mass is 16.1. The number of anilines is 1. The third-order valence-electron chi connectivity index (χ3n) is 5.95. The number of tetrazole rings is 1. The average Bonchev–Trinajstić information content (AvgIpc) is 3.26. The highest BCUT2D eigenvalue weighted by Gasteiger charge is 2.41. The number of hydrogen-bond donors (Lipinski definition) is 2. The minimum absolute atomic E-state index is 0.184. The number of aromatic amines is 1. The minimum atomic E-state index is -0.260. The monoisotopic (exact) mass is 401 g/mol. The Morgan fingerprint density at radius 1 is 1.00 bits per heavy atom. The van der Waals surface area contributed by atoms with Crippen LogP contribution >= 0.6 is 0 Å². The minimum Gasteiger partial charge on any atom is -0.289 e. The summed E-state index contributed by atoms with van der Waals surface area (Å²) in [5.74, 6) is -0.0354. The van der Waals surface area contributed by atoms with E-state index >= 15 is 0 Å². The third-order valence-corrected chi connectivity index (χ3v) is 5.95. The van der Waals surface area contributed by atoms with Crippen molar-refractivity contribution >= 4 is 23.5 Å². The van der Waals surface area contributed by atoms with Gasteiger partial charge in [-0.1, -0.05) is 69.2 Å². The predicted molar refractivity (Wildman–Crippen MR) is 119 cm³/mol. The molecule has 1 amide bonds. The Kier molecular flexibility index (Phi) is 4.80. The van der Waals surface area contributed by atoms with Crippen LogP contribution in [0.15, 0.2) is 42.5 Å². The number of rotatable bonds is 4. The SMILES string of the molecule is CC(=Cc1ccc(C(=O)Nc2nnn[nH]2)cc1)c1ccc2c(c1)C(C)(C)CC2(C)C. The number of allylic oxidation sites excluding steroid dienone is 1. The summed E-state index contributed by atoms with van der Waals surface area (Å²) in [6.45, 7) is 11.5. The number of hydrogen-bond acceptors (Lipinski definition) is 4. The number of amides is 1. The molecule has 1 aliphatic carbocycles. The van der Waals surface area contributed by atoms with Crippen molar-refractivity contribution in [3.8, 4) is 0 Å². The summed E-state index contributed by atoms with van der Waals surface area (Å²) < 4.78 is 0. The topological polar surface area (TPSA) is 83.6 Å². The zero-order valence-corrected chi connectivity index (χ0v) is 18.1. The van der Waals surface area contributed by atoms with E-state index < -0.39 is 0 Å². The molecule has 0 spiro atoms. The Morgan fingerprint density at radius 3 is 2.33 bits per heavy atom. The number of fused-ring (bicyclic) bond motifs is 1. The number of aromatic nitrogens is 4. The molecule has 0 saturated carbocycles. The molecular weight excluding hydrogens is 374 g/mol. The molecule has 0 radical (unpaired) electrons. The van der Waals surface area contributed by atoms with Gasteiger partial charge in [-0.15, -0.1) is 0 Å². The number of nitrogens with one attached hydrogen (secondary N) is 2. The Hall–Kier alpha value is -3.28. The molecule has 1 aliphatic rings. The lowest BCUT2D eigenvalue weighted by atomic mass is 9.82. The van der Waals surface area contributed by atoms with Gasteiger partial charge in [0.25, 0.3) is 5.91 Å². The third kappa shape index (κ3) is 3.77. The average molecular weight is 402 g/mol. The van der Waals surface area contributed by atoms with Crippen molar-refractivity contribution < 1.29 is 4.79 Å². The van der Waals surface area contributed by atoms with E-state index in [-0.39, 0.29) is 22.7 Å². The van der Waals surface area contributed by atoms with Gasteiger partial charge in [-0.05, 0) is 74.6 Å². The lowest BCUT2D eigenvalue weighted by Gasteiger charge is -2.22. The quantitative estimate of drug-likeness (QED) is 0.605. The van der Waals surface area contributed by atoms with Crippen LogP contribution in [0.5, 0.6) is 0 Å². The van der Waals surface area contributed by atoms with E-state index in [9.17, 15) is 4.79 Å².